The molecule has 1 N–H and O–H groups in total. The van der Waals surface area contributed by atoms with E-state index in [1.807, 2.05) is 42.5 Å². The number of aromatic nitrogens is 2. The third-order valence-corrected chi connectivity index (χ3v) is 6.37. The number of anilines is 1. The van der Waals surface area contributed by atoms with E-state index in [-0.39, 0.29) is 11.8 Å². The SMILES string of the molecule is O=C(Nc1nnc(-c2ccc(Cl)cc2)s1)C1CCN(Cc2cccc(Cl)c2)CC1. The van der Waals surface area contributed by atoms with E-state index in [1.165, 1.54) is 16.9 Å². The number of rotatable bonds is 5. The van der Waals surface area contributed by atoms with E-state index in [0.717, 1.165) is 48.1 Å². The average molecular weight is 447 g/mol. The summed E-state index contributed by atoms with van der Waals surface area (Å²) in [6.45, 7) is 2.63. The zero-order valence-electron chi connectivity index (χ0n) is 15.6. The maximum absolute atomic E-state index is 12.6. The summed E-state index contributed by atoms with van der Waals surface area (Å²) in [5.74, 6) is 0.0136. The van der Waals surface area contributed by atoms with Gasteiger partial charge in [-0.3, -0.25) is 9.69 Å². The molecule has 29 heavy (non-hydrogen) atoms. The molecule has 1 aromatic heterocycles. The fourth-order valence-electron chi connectivity index (χ4n) is 3.44. The number of benzene rings is 2. The summed E-state index contributed by atoms with van der Waals surface area (Å²) in [6, 6.07) is 15.3. The van der Waals surface area contributed by atoms with E-state index >= 15 is 0 Å². The number of hydrogen-bond donors (Lipinski definition) is 1. The highest BCUT2D eigenvalue weighted by Gasteiger charge is 2.26. The van der Waals surface area contributed by atoms with Gasteiger partial charge in [0.25, 0.3) is 0 Å². The van der Waals surface area contributed by atoms with Crippen molar-refractivity contribution >= 4 is 45.6 Å². The van der Waals surface area contributed by atoms with Gasteiger partial charge in [-0.2, -0.15) is 0 Å². The summed E-state index contributed by atoms with van der Waals surface area (Å²) in [6.07, 6.45) is 1.66. The van der Waals surface area contributed by atoms with Crippen LogP contribution in [-0.4, -0.2) is 34.1 Å². The van der Waals surface area contributed by atoms with Crippen molar-refractivity contribution in [2.45, 2.75) is 19.4 Å². The maximum atomic E-state index is 12.6. The molecule has 1 fully saturated rings. The predicted octanol–water partition coefficient (Wildman–Crippen LogP) is 5.36. The Labute approximate surface area is 183 Å². The van der Waals surface area contributed by atoms with Crippen molar-refractivity contribution in [1.29, 1.82) is 0 Å². The van der Waals surface area contributed by atoms with Crippen molar-refractivity contribution in [1.82, 2.24) is 15.1 Å². The monoisotopic (exact) mass is 446 g/mol. The molecule has 4 rings (SSSR count). The topological polar surface area (TPSA) is 58.1 Å². The molecule has 1 amide bonds. The molecule has 0 unspecified atom stereocenters. The van der Waals surface area contributed by atoms with Crippen molar-refractivity contribution in [3.8, 4) is 10.6 Å². The van der Waals surface area contributed by atoms with Crippen LogP contribution in [0.5, 0.6) is 0 Å². The summed E-state index contributed by atoms with van der Waals surface area (Å²) < 4.78 is 0. The molecule has 0 aliphatic carbocycles. The Hall–Kier alpha value is -1.99. The number of carbonyl (C=O) groups is 1. The summed E-state index contributed by atoms with van der Waals surface area (Å²) in [5.41, 5.74) is 2.13. The zero-order chi connectivity index (χ0) is 20.2. The Balaban J connectivity index is 1.29. The molecule has 0 spiro atoms. The quantitative estimate of drug-likeness (QED) is 0.572. The normalized spacial score (nSPS) is 15.4. The summed E-state index contributed by atoms with van der Waals surface area (Å²) in [7, 11) is 0. The number of nitrogens with zero attached hydrogens (tertiary/aromatic N) is 3. The molecule has 1 saturated heterocycles. The lowest BCUT2D eigenvalue weighted by Gasteiger charge is -2.31. The second kappa shape index (κ2) is 9.22. The van der Waals surface area contributed by atoms with E-state index < -0.39 is 0 Å². The number of hydrogen-bond acceptors (Lipinski definition) is 5. The lowest BCUT2D eigenvalue weighted by atomic mass is 9.95. The van der Waals surface area contributed by atoms with Gasteiger partial charge in [-0.1, -0.05) is 58.8 Å². The average Bonchev–Trinajstić information content (AvgIpc) is 3.17. The first kappa shape index (κ1) is 20.3. The summed E-state index contributed by atoms with van der Waals surface area (Å²) in [5, 5.41) is 13.9. The summed E-state index contributed by atoms with van der Waals surface area (Å²) in [4.78, 5) is 15.0. The molecule has 1 aliphatic rings. The standard InChI is InChI=1S/C21H20Cl2N4OS/c22-17-6-4-16(5-7-17)20-25-26-21(29-20)24-19(28)15-8-10-27(11-9-15)13-14-2-1-3-18(23)12-14/h1-7,12,15H,8-11,13H2,(H,24,26,28). The second-order valence-corrected chi connectivity index (χ2v) is 8.94. The van der Waals surface area contributed by atoms with Crippen LogP contribution in [0.15, 0.2) is 48.5 Å². The van der Waals surface area contributed by atoms with E-state index in [4.69, 9.17) is 23.2 Å². The third-order valence-electron chi connectivity index (χ3n) is 5.00. The van der Waals surface area contributed by atoms with Crippen molar-refractivity contribution < 1.29 is 4.79 Å². The highest BCUT2D eigenvalue weighted by atomic mass is 35.5. The third kappa shape index (κ3) is 5.34. The summed E-state index contributed by atoms with van der Waals surface area (Å²) >= 11 is 13.4. The van der Waals surface area contributed by atoms with Crippen LogP contribution in [0.1, 0.15) is 18.4 Å². The highest BCUT2D eigenvalue weighted by molar-refractivity contribution is 7.18. The second-order valence-electron chi connectivity index (χ2n) is 7.09. The molecule has 0 saturated carbocycles. The van der Waals surface area contributed by atoms with E-state index in [9.17, 15) is 4.79 Å². The van der Waals surface area contributed by atoms with Gasteiger partial charge in [0.2, 0.25) is 11.0 Å². The Bertz CT molecular complexity index is 984. The van der Waals surface area contributed by atoms with Crippen LogP contribution >= 0.6 is 34.5 Å². The van der Waals surface area contributed by atoms with Crippen molar-refractivity contribution in [3.05, 3.63) is 64.1 Å². The molecule has 2 heterocycles. The first-order chi connectivity index (χ1) is 14.1. The number of halogens is 2. The largest absolute Gasteiger partial charge is 0.300 e. The zero-order valence-corrected chi connectivity index (χ0v) is 18.0. The number of carbonyl (C=O) groups excluding carboxylic acids is 1. The highest BCUT2D eigenvalue weighted by Crippen LogP contribution is 2.28. The van der Waals surface area contributed by atoms with Gasteiger partial charge in [0.15, 0.2) is 0 Å². The van der Waals surface area contributed by atoms with Crippen molar-refractivity contribution in [2.24, 2.45) is 5.92 Å². The molecule has 0 atom stereocenters. The minimum Gasteiger partial charge on any atom is -0.300 e. The predicted molar refractivity (Wildman–Crippen MR) is 118 cm³/mol. The number of likely N-dealkylation sites (tertiary alicyclic amines) is 1. The Morgan fingerprint density at radius 2 is 1.83 bits per heavy atom. The van der Waals surface area contributed by atoms with Gasteiger partial charge in [0.05, 0.1) is 0 Å². The minimum atomic E-state index is -0.00602. The van der Waals surface area contributed by atoms with Crippen LogP contribution < -0.4 is 5.32 Å². The molecule has 0 radical (unpaired) electrons. The fraction of sp³-hybridized carbons (Fsp3) is 0.286. The molecule has 1 aliphatic heterocycles. The number of amides is 1. The maximum Gasteiger partial charge on any atom is 0.229 e. The molecule has 0 bridgehead atoms. The minimum absolute atomic E-state index is 0.00602. The van der Waals surface area contributed by atoms with Crippen LogP contribution in [-0.2, 0) is 11.3 Å². The van der Waals surface area contributed by atoms with Gasteiger partial charge in [-0.05, 0) is 55.8 Å². The number of piperidine rings is 1. The van der Waals surface area contributed by atoms with Gasteiger partial charge < -0.3 is 5.32 Å². The Kier molecular flexibility index (Phi) is 6.45. The van der Waals surface area contributed by atoms with Crippen molar-refractivity contribution in [2.75, 3.05) is 18.4 Å². The lowest BCUT2D eigenvalue weighted by molar-refractivity contribution is -0.121. The molecule has 3 aromatic rings. The van der Waals surface area contributed by atoms with Gasteiger partial charge >= 0.3 is 0 Å². The smallest absolute Gasteiger partial charge is 0.229 e. The number of nitrogens with one attached hydrogen (secondary N) is 1. The van der Waals surface area contributed by atoms with Crippen LogP contribution in [0.4, 0.5) is 5.13 Å². The van der Waals surface area contributed by atoms with Crippen LogP contribution in [0.3, 0.4) is 0 Å². The van der Waals surface area contributed by atoms with Crippen LogP contribution in [0.2, 0.25) is 10.0 Å². The molecule has 2 aromatic carbocycles. The van der Waals surface area contributed by atoms with Crippen LogP contribution in [0, 0.1) is 5.92 Å². The van der Waals surface area contributed by atoms with E-state index in [1.54, 1.807) is 0 Å². The Morgan fingerprint density at radius 1 is 1.07 bits per heavy atom. The first-order valence-corrected chi connectivity index (χ1v) is 11.0. The van der Waals surface area contributed by atoms with Crippen LogP contribution in [0.25, 0.3) is 10.6 Å². The molecular weight excluding hydrogens is 427 g/mol. The van der Waals surface area contributed by atoms with Gasteiger partial charge in [0.1, 0.15) is 5.01 Å². The van der Waals surface area contributed by atoms with Gasteiger partial charge in [0, 0.05) is 28.1 Å². The van der Waals surface area contributed by atoms with E-state index in [0.29, 0.717) is 10.2 Å². The Morgan fingerprint density at radius 3 is 2.55 bits per heavy atom. The fourth-order valence-corrected chi connectivity index (χ4v) is 4.53. The van der Waals surface area contributed by atoms with Gasteiger partial charge in [-0.25, -0.2) is 0 Å². The molecular formula is C21H20Cl2N4OS. The van der Waals surface area contributed by atoms with Gasteiger partial charge in [-0.15, -0.1) is 10.2 Å². The molecule has 5 nitrogen and oxygen atoms in total. The van der Waals surface area contributed by atoms with E-state index in [2.05, 4.69) is 26.5 Å². The first-order valence-electron chi connectivity index (χ1n) is 9.44. The molecule has 8 heteroatoms. The van der Waals surface area contributed by atoms with Crippen molar-refractivity contribution in [3.63, 3.8) is 0 Å². The lowest BCUT2D eigenvalue weighted by Crippen LogP contribution is -2.37. The molecule has 150 valence electrons.